The Labute approximate surface area is 181 Å². The molecule has 0 fully saturated rings. The number of nitrogens with zero attached hydrogens (tertiary/aromatic N) is 1. The maximum Gasteiger partial charge on any atom is 0.245 e. The fourth-order valence-corrected chi connectivity index (χ4v) is 3.70. The van der Waals surface area contributed by atoms with E-state index in [1.807, 2.05) is 30.3 Å². The Balaban J connectivity index is 1.67. The normalized spacial score (nSPS) is 11.0. The number of hydrogen-bond donors (Lipinski definition) is 1. The smallest absolute Gasteiger partial charge is 0.245 e. The highest BCUT2D eigenvalue weighted by Gasteiger charge is 2.21. The molecule has 0 bridgehead atoms. The molecule has 1 N–H and O–H groups in total. The average Bonchev–Trinajstić information content (AvgIpc) is 2.73. The summed E-state index contributed by atoms with van der Waals surface area (Å²) in [5.74, 6) is 0.133. The van der Waals surface area contributed by atoms with Crippen LogP contribution in [0.15, 0.2) is 78.9 Å². The first-order valence-electron chi connectivity index (χ1n) is 9.11. The molecular weight excluding hydrogens is 424 g/mol. The lowest BCUT2D eigenvalue weighted by Gasteiger charge is -2.22. The Morgan fingerprint density at radius 2 is 1.60 bits per heavy atom. The van der Waals surface area contributed by atoms with Gasteiger partial charge in [-0.1, -0.05) is 41.9 Å². The van der Waals surface area contributed by atoms with Gasteiger partial charge in [0.2, 0.25) is 15.9 Å². The number of carbonyl (C=O) groups excluding carboxylic acids is 1. The van der Waals surface area contributed by atoms with Crippen molar-refractivity contribution < 1.29 is 17.9 Å². The number of amides is 1. The molecule has 0 spiro atoms. The Hall–Kier alpha value is -3.03. The first-order chi connectivity index (χ1) is 14.3. The van der Waals surface area contributed by atoms with Gasteiger partial charge in [-0.05, 0) is 54.1 Å². The van der Waals surface area contributed by atoms with E-state index < -0.39 is 15.9 Å². The molecular formula is C22H21ClN2O4S. The number of halogens is 1. The van der Waals surface area contributed by atoms with Gasteiger partial charge in [0.1, 0.15) is 18.9 Å². The first kappa shape index (κ1) is 21.7. The van der Waals surface area contributed by atoms with Crippen LogP contribution >= 0.6 is 11.6 Å². The maximum atomic E-state index is 12.4. The van der Waals surface area contributed by atoms with Gasteiger partial charge in [0.15, 0.2) is 0 Å². The molecule has 3 rings (SSSR count). The van der Waals surface area contributed by atoms with Gasteiger partial charge in [-0.15, -0.1) is 0 Å². The molecule has 0 aliphatic heterocycles. The third kappa shape index (κ3) is 6.23. The van der Waals surface area contributed by atoms with Crippen molar-refractivity contribution >= 4 is 38.9 Å². The summed E-state index contributed by atoms with van der Waals surface area (Å²) in [7, 11) is -3.67. The molecule has 3 aromatic rings. The van der Waals surface area contributed by atoms with Gasteiger partial charge in [0.05, 0.1) is 11.9 Å². The van der Waals surface area contributed by atoms with E-state index >= 15 is 0 Å². The topological polar surface area (TPSA) is 75.7 Å². The van der Waals surface area contributed by atoms with Crippen molar-refractivity contribution in [3.63, 3.8) is 0 Å². The Morgan fingerprint density at radius 1 is 0.967 bits per heavy atom. The van der Waals surface area contributed by atoms with Crippen molar-refractivity contribution in [3.8, 4) is 5.75 Å². The van der Waals surface area contributed by atoms with Crippen LogP contribution in [0.4, 0.5) is 11.4 Å². The van der Waals surface area contributed by atoms with Gasteiger partial charge in [-0.2, -0.15) is 0 Å². The van der Waals surface area contributed by atoms with Gasteiger partial charge in [0, 0.05) is 10.7 Å². The van der Waals surface area contributed by atoms with Crippen LogP contribution in [0.1, 0.15) is 5.56 Å². The largest absolute Gasteiger partial charge is 0.489 e. The van der Waals surface area contributed by atoms with Gasteiger partial charge < -0.3 is 10.1 Å². The molecule has 0 saturated carbocycles. The van der Waals surface area contributed by atoms with Crippen molar-refractivity contribution in [1.82, 2.24) is 0 Å². The summed E-state index contributed by atoms with van der Waals surface area (Å²) in [5, 5.41) is 3.20. The van der Waals surface area contributed by atoms with Gasteiger partial charge in [-0.3, -0.25) is 9.10 Å². The number of rotatable bonds is 8. The van der Waals surface area contributed by atoms with Crippen LogP contribution in [-0.4, -0.2) is 27.1 Å². The second-order valence-electron chi connectivity index (χ2n) is 6.59. The summed E-state index contributed by atoms with van der Waals surface area (Å²) < 4.78 is 31.3. The van der Waals surface area contributed by atoms with Crippen molar-refractivity contribution in [1.29, 1.82) is 0 Å². The van der Waals surface area contributed by atoms with E-state index in [1.165, 1.54) is 0 Å². The minimum atomic E-state index is -3.67. The van der Waals surface area contributed by atoms with Crippen molar-refractivity contribution in [2.45, 2.75) is 6.61 Å². The number of nitrogens with one attached hydrogen (secondary N) is 1. The predicted octanol–water partition coefficient (Wildman–Crippen LogP) is 4.32. The van der Waals surface area contributed by atoms with E-state index in [1.54, 1.807) is 48.5 Å². The molecule has 0 atom stereocenters. The number of benzene rings is 3. The summed E-state index contributed by atoms with van der Waals surface area (Å²) in [5.41, 5.74) is 1.93. The highest BCUT2D eigenvalue weighted by Crippen LogP contribution is 2.22. The minimum absolute atomic E-state index is 0.355. The lowest BCUT2D eigenvalue weighted by atomic mass is 10.2. The van der Waals surface area contributed by atoms with Gasteiger partial charge in [-0.25, -0.2) is 8.42 Å². The average molecular weight is 445 g/mol. The molecule has 0 heterocycles. The minimum Gasteiger partial charge on any atom is -0.489 e. The fourth-order valence-electron chi connectivity index (χ4n) is 2.71. The molecule has 0 aliphatic rings. The molecule has 30 heavy (non-hydrogen) atoms. The Bertz CT molecular complexity index is 1090. The molecule has 0 unspecified atom stereocenters. The van der Waals surface area contributed by atoms with Crippen LogP contribution < -0.4 is 14.4 Å². The van der Waals surface area contributed by atoms with Crippen molar-refractivity contribution in [3.05, 3.63) is 89.4 Å². The number of carbonyl (C=O) groups is 1. The molecule has 0 aliphatic carbocycles. The van der Waals surface area contributed by atoms with E-state index in [2.05, 4.69) is 5.32 Å². The standard InChI is InChI=1S/C22H21ClN2O4S/c1-30(27,28)25(15-22(26)24-19-9-7-18(23)8-10-19)20-11-13-21(14-12-20)29-16-17-5-3-2-4-6-17/h2-14H,15-16H2,1H3,(H,24,26). The molecule has 0 radical (unpaired) electrons. The summed E-state index contributed by atoms with van der Waals surface area (Å²) in [6.07, 6.45) is 1.06. The summed E-state index contributed by atoms with van der Waals surface area (Å²) >= 11 is 5.83. The van der Waals surface area contributed by atoms with Crippen molar-refractivity contribution in [2.75, 3.05) is 22.4 Å². The third-order valence-corrected chi connectivity index (χ3v) is 5.58. The van der Waals surface area contributed by atoms with Crippen LogP contribution in [0.25, 0.3) is 0 Å². The van der Waals surface area contributed by atoms with Crippen LogP contribution in [0.2, 0.25) is 5.02 Å². The third-order valence-electron chi connectivity index (χ3n) is 4.19. The monoisotopic (exact) mass is 444 g/mol. The zero-order chi connectivity index (χ0) is 21.6. The second-order valence-corrected chi connectivity index (χ2v) is 8.94. The zero-order valence-corrected chi connectivity index (χ0v) is 17.9. The molecule has 0 aromatic heterocycles. The lowest BCUT2D eigenvalue weighted by molar-refractivity contribution is -0.114. The number of ether oxygens (including phenoxy) is 1. The maximum absolute atomic E-state index is 12.4. The first-order valence-corrected chi connectivity index (χ1v) is 11.3. The number of sulfonamides is 1. The van der Waals surface area contributed by atoms with Gasteiger partial charge >= 0.3 is 0 Å². The van der Waals surface area contributed by atoms with E-state index in [0.717, 1.165) is 16.1 Å². The summed E-state index contributed by atoms with van der Waals surface area (Å²) in [4.78, 5) is 12.4. The van der Waals surface area contributed by atoms with Crippen LogP contribution in [0.5, 0.6) is 5.75 Å². The molecule has 6 nitrogen and oxygen atoms in total. The predicted molar refractivity (Wildman–Crippen MR) is 119 cm³/mol. The number of hydrogen-bond acceptors (Lipinski definition) is 4. The lowest BCUT2D eigenvalue weighted by Crippen LogP contribution is -2.37. The molecule has 3 aromatic carbocycles. The van der Waals surface area contributed by atoms with E-state index in [9.17, 15) is 13.2 Å². The Morgan fingerprint density at radius 3 is 2.20 bits per heavy atom. The Kier molecular flexibility index (Phi) is 6.97. The van der Waals surface area contributed by atoms with Crippen LogP contribution in [-0.2, 0) is 21.4 Å². The summed E-state index contributed by atoms with van der Waals surface area (Å²) in [6.45, 7) is 0.0468. The fraction of sp³-hybridized carbons (Fsp3) is 0.136. The highest BCUT2D eigenvalue weighted by molar-refractivity contribution is 7.92. The van der Waals surface area contributed by atoms with Crippen LogP contribution in [0, 0.1) is 0 Å². The highest BCUT2D eigenvalue weighted by atomic mass is 35.5. The van der Waals surface area contributed by atoms with Crippen molar-refractivity contribution in [2.24, 2.45) is 0 Å². The van der Waals surface area contributed by atoms with E-state index in [-0.39, 0.29) is 6.54 Å². The molecule has 1 amide bonds. The van der Waals surface area contributed by atoms with Gasteiger partial charge in [0.25, 0.3) is 0 Å². The molecule has 156 valence electrons. The number of anilines is 2. The molecule has 0 saturated heterocycles. The van der Waals surface area contributed by atoms with Crippen LogP contribution in [0.3, 0.4) is 0 Å². The molecule has 8 heteroatoms. The SMILES string of the molecule is CS(=O)(=O)N(CC(=O)Nc1ccc(Cl)cc1)c1ccc(OCc2ccccc2)cc1. The zero-order valence-electron chi connectivity index (χ0n) is 16.3. The van der Waals surface area contributed by atoms with E-state index in [0.29, 0.717) is 28.8 Å². The van der Waals surface area contributed by atoms with E-state index in [4.69, 9.17) is 16.3 Å². The summed E-state index contributed by atoms with van der Waals surface area (Å²) in [6, 6.07) is 22.8. The second kappa shape index (κ2) is 9.65. The quantitative estimate of drug-likeness (QED) is 0.561.